The molecule has 3 rings (SSSR count). The Balaban J connectivity index is 2.10. The first-order chi connectivity index (χ1) is 16.5. The number of unbranched alkanes of at least 4 members (excludes halogenated alkanes) is 3. The van der Waals surface area contributed by atoms with Crippen LogP contribution in [-0.2, 0) is 9.59 Å². The van der Waals surface area contributed by atoms with Crippen LogP contribution < -0.4 is 4.90 Å². The van der Waals surface area contributed by atoms with E-state index in [0.717, 1.165) is 60.0 Å². The molecule has 178 valence electrons. The molecule has 0 atom stereocenters. The molecule has 0 unspecified atom stereocenters. The third-order valence-electron chi connectivity index (χ3n) is 6.06. The molecule has 34 heavy (non-hydrogen) atoms. The lowest BCUT2D eigenvalue weighted by atomic mass is 9.94. The monoisotopic (exact) mass is 476 g/mol. The number of benzene rings is 1. The molecule has 1 aliphatic heterocycles. The normalized spacial score (nSPS) is 15.3. The van der Waals surface area contributed by atoms with Crippen LogP contribution >= 0.6 is 11.3 Å². The van der Waals surface area contributed by atoms with Crippen LogP contribution in [0.2, 0.25) is 0 Å². The minimum Gasteiger partial charge on any atom is -0.349 e. The fourth-order valence-corrected chi connectivity index (χ4v) is 5.17. The number of thiazole rings is 1. The number of hydrogen-bond acceptors (Lipinski definition) is 6. The molecule has 7 heteroatoms. The first kappa shape index (κ1) is 25.4. The van der Waals surface area contributed by atoms with Gasteiger partial charge in [-0.1, -0.05) is 67.9 Å². The molecule has 0 saturated carbocycles. The summed E-state index contributed by atoms with van der Waals surface area (Å²) in [6.45, 7) is 9.95. The van der Waals surface area contributed by atoms with Crippen molar-refractivity contribution in [2.75, 3.05) is 24.5 Å². The molecule has 0 spiro atoms. The summed E-state index contributed by atoms with van der Waals surface area (Å²) in [5.41, 5.74) is 2.61. The number of nitrogens with zero attached hydrogens (tertiary/aromatic N) is 4. The first-order valence-corrected chi connectivity index (χ1v) is 12.8. The van der Waals surface area contributed by atoms with Crippen molar-refractivity contribution < 1.29 is 9.59 Å². The van der Waals surface area contributed by atoms with Crippen molar-refractivity contribution in [1.82, 2.24) is 9.88 Å². The third kappa shape index (κ3) is 5.28. The van der Waals surface area contributed by atoms with Crippen LogP contribution in [0.1, 0.15) is 58.3 Å². The average molecular weight is 477 g/mol. The molecular formula is C27H32N4O2S. The van der Waals surface area contributed by atoms with Crippen molar-refractivity contribution in [2.45, 2.75) is 53.4 Å². The number of imide groups is 1. The SMILES string of the molecule is CCCCCCN1C(=O)C(C#N)=C(C)/C(=C/c2sc(N(CC)CC)nc2-c2ccccc2)C1=O. The molecule has 1 aromatic carbocycles. The highest BCUT2D eigenvalue weighted by Gasteiger charge is 2.35. The van der Waals surface area contributed by atoms with E-state index in [1.807, 2.05) is 42.5 Å². The Labute approximate surface area is 206 Å². The van der Waals surface area contributed by atoms with Gasteiger partial charge in [-0.25, -0.2) is 4.98 Å². The van der Waals surface area contributed by atoms with E-state index in [9.17, 15) is 14.9 Å². The highest BCUT2D eigenvalue weighted by Crippen LogP contribution is 2.37. The van der Waals surface area contributed by atoms with Gasteiger partial charge in [0.2, 0.25) is 0 Å². The standard InChI is InChI=1S/C27H32N4O2S/c1-5-8-9-13-16-31-25(32)21(19(4)22(18-28)26(31)33)17-23-24(20-14-11-10-12-15-20)29-27(34-23)30(6-2)7-3/h10-12,14-15,17H,5-9,13,16H2,1-4H3/b21-17-. The van der Waals surface area contributed by atoms with Gasteiger partial charge in [0.05, 0.1) is 10.6 Å². The number of amides is 2. The third-order valence-corrected chi connectivity index (χ3v) is 7.12. The average Bonchev–Trinajstić information content (AvgIpc) is 3.26. The molecule has 1 aliphatic rings. The summed E-state index contributed by atoms with van der Waals surface area (Å²) in [6.07, 6.45) is 5.61. The molecule has 0 aliphatic carbocycles. The van der Waals surface area contributed by atoms with E-state index in [-0.39, 0.29) is 11.5 Å². The molecule has 0 radical (unpaired) electrons. The van der Waals surface area contributed by atoms with Gasteiger partial charge >= 0.3 is 0 Å². The van der Waals surface area contributed by atoms with Crippen LogP contribution in [0.3, 0.4) is 0 Å². The summed E-state index contributed by atoms with van der Waals surface area (Å²) in [5, 5.41) is 10.6. The highest BCUT2D eigenvalue weighted by atomic mass is 32.1. The minimum atomic E-state index is -0.491. The molecule has 2 aromatic rings. The number of carbonyl (C=O) groups is 2. The Kier molecular flexibility index (Phi) is 8.78. The van der Waals surface area contributed by atoms with E-state index in [2.05, 4.69) is 25.7 Å². The van der Waals surface area contributed by atoms with E-state index in [4.69, 9.17) is 4.98 Å². The Bertz CT molecular complexity index is 1140. The minimum absolute atomic E-state index is 0.0380. The number of hydrogen-bond donors (Lipinski definition) is 0. The van der Waals surface area contributed by atoms with E-state index in [1.54, 1.807) is 6.92 Å². The van der Waals surface area contributed by atoms with Crippen molar-refractivity contribution in [3.8, 4) is 17.3 Å². The lowest BCUT2D eigenvalue weighted by molar-refractivity contribution is -0.140. The van der Waals surface area contributed by atoms with Crippen LogP contribution in [0.15, 0.2) is 47.1 Å². The number of anilines is 1. The van der Waals surface area contributed by atoms with Crippen molar-refractivity contribution in [3.05, 3.63) is 51.9 Å². The number of rotatable bonds is 10. The van der Waals surface area contributed by atoms with Gasteiger partial charge in [-0.15, -0.1) is 0 Å². The second-order valence-corrected chi connectivity index (χ2v) is 9.25. The van der Waals surface area contributed by atoms with Gasteiger partial charge in [-0.05, 0) is 38.8 Å². The van der Waals surface area contributed by atoms with Crippen LogP contribution in [-0.4, -0.2) is 41.3 Å². The molecular weight excluding hydrogens is 444 g/mol. The Morgan fingerprint density at radius 2 is 1.76 bits per heavy atom. The Hall–Kier alpha value is -3.24. The maximum absolute atomic E-state index is 13.4. The van der Waals surface area contributed by atoms with Crippen LogP contribution in [0.25, 0.3) is 17.3 Å². The first-order valence-electron chi connectivity index (χ1n) is 12.0. The van der Waals surface area contributed by atoms with Gasteiger partial charge in [-0.3, -0.25) is 14.5 Å². The number of nitriles is 1. The topological polar surface area (TPSA) is 77.3 Å². The van der Waals surface area contributed by atoms with E-state index in [0.29, 0.717) is 17.7 Å². The van der Waals surface area contributed by atoms with Crippen molar-refractivity contribution in [3.63, 3.8) is 0 Å². The van der Waals surface area contributed by atoms with E-state index < -0.39 is 5.91 Å². The molecule has 0 N–H and O–H groups in total. The van der Waals surface area contributed by atoms with Crippen LogP contribution in [0.4, 0.5) is 5.13 Å². The summed E-state index contributed by atoms with van der Waals surface area (Å²) in [4.78, 5) is 35.5. The Morgan fingerprint density at radius 1 is 1.06 bits per heavy atom. The van der Waals surface area contributed by atoms with Gasteiger partial charge in [0.15, 0.2) is 5.13 Å². The van der Waals surface area contributed by atoms with Crippen molar-refractivity contribution in [2.24, 2.45) is 0 Å². The molecule has 1 aromatic heterocycles. The maximum Gasteiger partial charge on any atom is 0.271 e. The number of aromatic nitrogens is 1. The summed E-state index contributed by atoms with van der Waals surface area (Å²) in [5.74, 6) is -0.829. The smallest absolute Gasteiger partial charge is 0.271 e. The lowest BCUT2D eigenvalue weighted by Crippen LogP contribution is -2.43. The molecule has 0 bridgehead atoms. The molecule has 2 heterocycles. The zero-order valence-electron chi connectivity index (χ0n) is 20.4. The summed E-state index contributed by atoms with van der Waals surface area (Å²) >= 11 is 1.52. The van der Waals surface area contributed by atoms with Crippen molar-refractivity contribution in [1.29, 1.82) is 5.26 Å². The molecule has 0 saturated heterocycles. The van der Waals surface area contributed by atoms with Gasteiger partial charge < -0.3 is 4.90 Å². The summed E-state index contributed by atoms with van der Waals surface area (Å²) < 4.78 is 0. The van der Waals surface area contributed by atoms with E-state index in [1.165, 1.54) is 16.2 Å². The fourth-order valence-electron chi connectivity index (χ4n) is 4.01. The zero-order chi connectivity index (χ0) is 24.7. The highest BCUT2D eigenvalue weighted by molar-refractivity contribution is 7.17. The van der Waals surface area contributed by atoms with Gasteiger partial charge in [0, 0.05) is 30.8 Å². The second kappa shape index (κ2) is 11.8. The summed E-state index contributed by atoms with van der Waals surface area (Å²) in [6, 6.07) is 11.9. The molecule has 2 amide bonds. The quantitative estimate of drug-likeness (QED) is 0.245. The summed E-state index contributed by atoms with van der Waals surface area (Å²) in [7, 11) is 0. The van der Waals surface area contributed by atoms with Crippen LogP contribution in [0, 0.1) is 11.3 Å². The van der Waals surface area contributed by atoms with Gasteiger partial charge in [0.25, 0.3) is 11.8 Å². The zero-order valence-corrected chi connectivity index (χ0v) is 21.2. The lowest BCUT2D eigenvalue weighted by Gasteiger charge is -2.27. The van der Waals surface area contributed by atoms with Crippen molar-refractivity contribution >= 4 is 34.4 Å². The second-order valence-electron chi connectivity index (χ2n) is 8.24. The predicted molar refractivity (Wildman–Crippen MR) is 138 cm³/mol. The molecule has 6 nitrogen and oxygen atoms in total. The number of carbonyl (C=O) groups excluding carboxylic acids is 2. The Morgan fingerprint density at radius 3 is 2.38 bits per heavy atom. The largest absolute Gasteiger partial charge is 0.349 e. The fraction of sp³-hybridized carbons (Fsp3) is 0.407. The molecule has 0 fully saturated rings. The van der Waals surface area contributed by atoms with Gasteiger partial charge in [-0.2, -0.15) is 5.26 Å². The predicted octanol–water partition coefficient (Wildman–Crippen LogP) is 5.83. The maximum atomic E-state index is 13.4. The van der Waals surface area contributed by atoms with E-state index >= 15 is 0 Å². The van der Waals surface area contributed by atoms with Gasteiger partial charge in [0.1, 0.15) is 11.6 Å². The van der Waals surface area contributed by atoms with Crippen LogP contribution in [0.5, 0.6) is 0 Å².